The van der Waals surface area contributed by atoms with Gasteiger partial charge >= 0.3 is 0 Å². The summed E-state index contributed by atoms with van der Waals surface area (Å²) >= 11 is 18.4. The number of hydrogen-bond acceptors (Lipinski definition) is 3. The zero-order valence-electron chi connectivity index (χ0n) is 16.1. The van der Waals surface area contributed by atoms with E-state index < -0.39 is 0 Å². The lowest BCUT2D eigenvalue weighted by atomic mass is 10.2. The molecule has 0 spiro atoms. The van der Waals surface area contributed by atoms with Crippen molar-refractivity contribution in [2.24, 2.45) is 12.0 Å². The second-order valence-corrected chi connectivity index (χ2v) is 6.83. The van der Waals surface area contributed by atoms with Gasteiger partial charge in [-0.15, -0.1) is 24.0 Å². The minimum absolute atomic E-state index is 0. The molecule has 1 aromatic heterocycles. The van der Waals surface area contributed by atoms with Crippen LogP contribution in [0.25, 0.3) is 0 Å². The van der Waals surface area contributed by atoms with Gasteiger partial charge in [0, 0.05) is 26.3 Å². The monoisotopic (exact) mass is 560 g/mol. The number of halogens is 4. The molecule has 6 nitrogen and oxygen atoms in total. The number of ether oxygens (including phenoxy) is 2. The summed E-state index contributed by atoms with van der Waals surface area (Å²) in [6, 6.07) is 5.54. The molecule has 2 N–H and O–H groups in total. The molecule has 2 aromatic rings. The number of hydrogen-bond donors (Lipinski definition) is 2. The fourth-order valence-corrected chi connectivity index (χ4v) is 3.20. The predicted octanol–water partition coefficient (Wildman–Crippen LogP) is 4.88. The van der Waals surface area contributed by atoms with E-state index >= 15 is 0 Å². The summed E-state index contributed by atoms with van der Waals surface area (Å²) < 4.78 is 12.7. The number of nitrogens with zero attached hydrogens (tertiary/aromatic N) is 2. The van der Waals surface area contributed by atoms with E-state index in [0.29, 0.717) is 52.4 Å². The van der Waals surface area contributed by atoms with Crippen LogP contribution in [0, 0.1) is 0 Å². The van der Waals surface area contributed by atoms with Crippen molar-refractivity contribution < 1.29 is 9.47 Å². The lowest BCUT2D eigenvalue weighted by molar-refractivity contribution is 0.311. The number of methoxy groups -OCH3 is 1. The number of guanidine groups is 1. The van der Waals surface area contributed by atoms with Crippen LogP contribution in [0.4, 0.5) is 0 Å². The quantitative estimate of drug-likeness (QED) is 0.288. The van der Waals surface area contributed by atoms with E-state index in [1.165, 1.54) is 0 Å². The van der Waals surface area contributed by atoms with Crippen molar-refractivity contribution in [3.05, 3.63) is 44.7 Å². The molecule has 0 bridgehead atoms. The zero-order chi connectivity index (χ0) is 20.0. The molecule has 0 amide bonds. The fraction of sp³-hybridized carbons (Fsp3) is 0.389. The first kappa shape index (κ1) is 25.0. The van der Waals surface area contributed by atoms with Crippen LogP contribution >= 0.6 is 58.8 Å². The van der Waals surface area contributed by atoms with E-state index in [4.69, 9.17) is 44.3 Å². The SMILES string of the molecule is CCOc1c(Cl)cc(CNC(=NC)NCc2cc(Cl)c(Cl)n2C)cc1OC.I. The Balaban J connectivity index is 0.00000392. The second kappa shape index (κ2) is 11.8. The molecular formula is C18H24Cl3IN4O2. The standard InChI is InChI=1S/C18H23Cl3N4O2.HI/c1-5-27-16-13(19)6-11(7-15(16)26-4)9-23-18(22-2)24-10-12-8-14(20)17(21)25(12)3;/h6-8H,5,9-10H2,1-4H3,(H2,22,23,24);1H. The van der Waals surface area contributed by atoms with Crippen molar-refractivity contribution in [2.45, 2.75) is 20.0 Å². The Morgan fingerprint density at radius 3 is 2.32 bits per heavy atom. The third kappa shape index (κ3) is 6.23. The average molecular weight is 562 g/mol. The first-order valence-corrected chi connectivity index (χ1v) is 9.47. The van der Waals surface area contributed by atoms with Crippen molar-refractivity contribution in [3.63, 3.8) is 0 Å². The lowest BCUT2D eigenvalue weighted by Gasteiger charge is -2.15. The van der Waals surface area contributed by atoms with Crippen LogP contribution in [0.2, 0.25) is 15.2 Å². The molecule has 0 saturated heterocycles. The summed E-state index contributed by atoms with van der Waals surface area (Å²) in [5, 5.41) is 7.99. The number of aromatic nitrogens is 1. The number of rotatable bonds is 7. The van der Waals surface area contributed by atoms with E-state index in [0.717, 1.165) is 11.3 Å². The number of nitrogens with one attached hydrogen (secondary N) is 2. The third-order valence-corrected chi connectivity index (χ3v) is 5.04. The summed E-state index contributed by atoms with van der Waals surface area (Å²) in [6.07, 6.45) is 0. The van der Waals surface area contributed by atoms with Gasteiger partial charge in [0.05, 0.1) is 30.3 Å². The van der Waals surface area contributed by atoms with Gasteiger partial charge < -0.3 is 24.7 Å². The molecule has 28 heavy (non-hydrogen) atoms. The van der Waals surface area contributed by atoms with E-state index in [2.05, 4.69) is 15.6 Å². The first-order chi connectivity index (χ1) is 12.9. The van der Waals surface area contributed by atoms with Gasteiger partial charge in [-0.1, -0.05) is 34.8 Å². The molecule has 0 atom stereocenters. The molecule has 0 aliphatic carbocycles. The first-order valence-electron chi connectivity index (χ1n) is 8.34. The smallest absolute Gasteiger partial charge is 0.191 e. The molecular weight excluding hydrogens is 537 g/mol. The Kier molecular flexibility index (Phi) is 10.6. The summed E-state index contributed by atoms with van der Waals surface area (Å²) in [6.45, 7) is 3.44. The van der Waals surface area contributed by atoms with Crippen LogP contribution in [-0.2, 0) is 20.1 Å². The molecule has 156 valence electrons. The van der Waals surface area contributed by atoms with Crippen molar-refractivity contribution >= 4 is 64.7 Å². The normalized spacial score (nSPS) is 11.0. The van der Waals surface area contributed by atoms with Crippen LogP contribution < -0.4 is 20.1 Å². The highest BCUT2D eigenvalue weighted by molar-refractivity contribution is 14.0. The minimum atomic E-state index is 0. The van der Waals surface area contributed by atoms with Gasteiger partial charge in [-0.05, 0) is 30.7 Å². The molecule has 0 aliphatic heterocycles. The van der Waals surface area contributed by atoms with Gasteiger partial charge in [-0.2, -0.15) is 0 Å². The topological polar surface area (TPSA) is 59.8 Å². The van der Waals surface area contributed by atoms with E-state index in [1.54, 1.807) is 14.2 Å². The average Bonchev–Trinajstić information content (AvgIpc) is 2.90. The third-order valence-electron chi connectivity index (χ3n) is 3.91. The van der Waals surface area contributed by atoms with Gasteiger partial charge in [0.25, 0.3) is 0 Å². The van der Waals surface area contributed by atoms with E-state index in [1.807, 2.05) is 36.7 Å². The summed E-state index contributed by atoms with van der Waals surface area (Å²) in [4.78, 5) is 4.22. The summed E-state index contributed by atoms with van der Waals surface area (Å²) in [5.41, 5.74) is 1.88. The molecule has 0 aliphatic rings. The van der Waals surface area contributed by atoms with Crippen LogP contribution in [0.15, 0.2) is 23.2 Å². The second-order valence-electron chi connectivity index (χ2n) is 5.65. The van der Waals surface area contributed by atoms with Gasteiger partial charge in [-0.25, -0.2) is 0 Å². The Morgan fingerprint density at radius 1 is 1.11 bits per heavy atom. The maximum atomic E-state index is 6.31. The highest BCUT2D eigenvalue weighted by Crippen LogP contribution is 2.36. The van der Waals surface area contributed by atoms with E-state index in [9.17, 15) is 0 Å². The van der Waals surface area contributed by atoms with Gasteiger partial charge in [0.15, 0.2) is 17.5 Å². The van der Waals surface area contributed by atoms with Gasteiger partial charge in [-0.3, -0.25) is 4.99 Å². The highest BCUT2D eigenvalue weighted by Gasteiger charge is 2.12. The van der Waals surface area contributed by atoms with Crippen molar-refractivity contribution in [3.8, 4) is 11.5 Å². The maximum Gasteiger partial charge on any atom is 0.191 e. The van der Waals surface area contributed by atoms with Crippen LogP contribution in [0.3, 0.4) is 0 Å². The Bertz CT molecular complexity index is 828. The summed E-state index contributed by atoms with van der Waals surface area (Å²) in [5.74, 6) is 1.77. The molecule has 1 heterocycles. The summed E-state index contributed by atoms with van der Waals surface area (Å²) in [7, 11) is 5.14. The Hall–Kier alpha value is -1.03. The van der Waals surface area contributed by atoms with Crippen LogP contribution in [-0.4, -0.2) is 31.3 Å². The minimum Gasteiger partial charge on any atom is -0.493 e. The molecule has 0 radical (unpaired) electrons. The molecule has 0 unspecified atom stereocenters. The molecule has 2 rings (SSSR count). The molecule has 1 aromatic carbocycles. The number of aliphatic imine (C=N–C) groups is 1. The van der Waals surface area contributed by atoms with Gasteiger partial charge in [0.2, 0.25) is 0 Å². The van der Waals surface area contributed by atoms with Crippen molar-refractivity contribution in [2.75, 3.05) is 20.8 Å². The maximum absolute atomic E-state index is 6.31. The van der Waals surface area contributed by atoms with Crippen molar-refractivity contribution in [1.29, 1.82) is 0 Å². The Morgan fingerprint density at radius 2 is 1.79 bits per heavy atom. The van der Waals surface area contributed by atoms with Crippen molar-refractivity contribution in [1.82, 2.24) is 15.2 Å². The lowest BCUT2D eigenvalue weighted by Crippen LogP contribution is -2.36. The number of benzene rings is 1. The molecule has 0 fully saturated rings. The fourth-order valence-electron chi connectivity index (χ4n) is 2.50. The van der Waals surface area contributed by atoms with Crippen LogP contribution in [0.1, 0.15) is 18.2 Å². The Labute approximate surface area is 197 Å². The molecule has 0 saturated carbocycles. The van der Waals surface area contributed by atoms with Gasteiger partial charge in [0.1, 0.15) is 5.15 Å². The molecule has 10 heteroatoms. The van der Waals surface area contributed by atoms with E-state index in [-0.39, 0.29) is 24.0 Å². The highest BCUT2D eigenvalue weighted by atomic mass is 127. The van der Waals surface area contributed by atoms with Crippen LogP contribution in [0.5, 0.6) is 11.5 Å². The zero-order valence-corrected chi connectivity index (χ0v) is 20.7. The largest absolute Gasteiger partial charge is 0.493 e. The predicted molar refractivity (Wildman–Crippen MR) is 127 cm³/mol.